The van der Waals surface area contributed by atoms with E-state index in [1.165, 1.54) is 6.92 Å². The molecule has 0 saturated carbocycles. The Morgan fingerprint density at radius 3 is 2.34 bits per heavy atom. The first kappa shape index (κ1) is 36.8. The van der Waals surface area contributed by atoms with Crippen LogP contribution in [0.2, 0.25) is 0 Å². The molecule has 8 heteroatoms. The first-order chi connectivity index (χ1) is 24.4. The van der Waals surface area contributed by atoms with Crippen molar-refractivity contribution in [1.29, 1.82) is 0 Å². The van der Waals surface area contributed by atoms with Gasteiger partial charge in [0.2, 0.25) is 5.36 Å². The van der Waals surface area contributed by atoms with E-state index in [0.29, 0.717) is 19.7 Å². The van der Waals surface area contributed by atoms with E-state index in [2.05, 4.69) is 96.7 Å². The van der Waals surface area contributed by atoms with Gasteiger partial charge in [-0.05, 0) is 83.2 Å². The molecule has 0 spiro atoms. The smallest absolute Gasteiger partial charge is 0.302 e. The van der Waals surface area contributed by atoms with Crippen LogP contribution in [0.3, 0.4) is 0 Å². The van der Waals surface area contributed by atoms with Crippen molar-refractivity contribution in [2.75, 3.05) is 70.4 Å². The largest absolute Gasteiger partial charge is 0.466 e. The zero-order valence-corrected chi connectivity index (χ0v) is 30.7. The van der Waals surface area contributed by atoms with Crippen molar-refractivity contribution in [1.82, 2.24) is 14.4 Å². The maximum Gasteiger partial charge on any atom is 0.302 e. The van der Waals surface area contributed by atoms with Crippen molar-refractivity contribution in [3.05, 3.63) is 83.7 Å². The van der Waals surface area contributed by atoms with Gasteiger partial charge in [0.25, 0.3) is 5.91 Å². The number of ether oxygens (including phenoxy) is 1. The van der Waals surface area contributed by atoms with Gasteiger partial charge < -0.3 is 19.0 Å². The molecule has 0 unspecified atom stereocenters. The molecule has 2 aliphatic heterocycles. The maximum atomic E-state index is 14.3. The number of nitrogens with zero attached hydrogens (tertiary/aromatic N) is 4. The molecule has 50 heavy (non-hydrogen) atoms. The summed E-state index contributed by atoms with van der Waals surface area (Å²) in [5, 5.41) is 2.13. The standard InChI is InChI=1S/C42H55N4O4/c1-6-44(7-2)33-20-22-37-39(30-33)50-40-31-34(45(8-3)9-4)21-23-38(40)41(37)35-18-14-15-19-36(35)42(48)46-27-25-43(26-28-46)24-16-12-10-11-13-17-29-49-32(5)47/h12,14-16,18-23,30-31H,6-11,13,17,24-29H2,1-5H3/q+1/b16-12+. The molecular formula is C42H55N4O4+. The van der Waals surface area contributed by atoms with Gasteiger partial charge in [-0.2, -0.15) is 0 Å². The van der Waals surface area contributed by atoms with E-state index in [0.717, 1.165) is 122 Å². The Labute approximate surface area is 298 Å². The molecule has 2 heterocycles. The van der Waals surface area contributed by atoms with Crippen LogP contribution < -0.4 is 14.8 Å². The van der Waals surface area contributed by atoms with Crippen LogP contribution in [0, 0.1) is 0 Å². The Balaban J connectivity index is 1.38. The zero-order chi connectivity index (χ0) is 35.5. The minimum Gasteiger partial charge on any atom is -0.466 e. The topological polar surface area (TPSA) is 69.2 Å². The summed E-state index contributed by atoms with van der Waals surface area (Å²) in [7, 11) is 0. The van der Waals surface area contributed by atoms with Crippen LogP contribution in [0.4, 0.5) is 5.69 Å². The molecule has 1 amide bonds. The van der Waals surface area contributed by atoms with E-state index >= 15 is 0 Å². The Hall–Kier alpha value is -4.43. The van der Waals surface area contributed by atoms with Gasteiger partial charge in [-0.3, -0.25) is 14.5 Å². The van der Waals surface area contributed by atoms with E-state index in [-0.39, 0.29) is 11.9 Å². The van der Waals surface area contributed by atoms with Gasteiger partial charge in [-0.15, -0.1) is 0 Å². The van der Waals surface area contributed by atoms with Gasteiger partial charge in [0.15, 0.2) is 0 Å². The number of piperazine rings is 1. The van der Waals surface area contributed by atoms with Gasteiger partial charge >= 0.3 is 5.97 Å². The second-order valence-corrected chi connectivity index (χ2v) is 13.0. The fourth-order valence-electron chi connectivity index (χ4n) is 7.02. The summed E-state index contributed by atoms with van der Waals surface area (Å²) in [6, 6.07) is 21.1. The van der Waals surface area contributed by atoms with Crippen LogP contribution in [0.5, 0.6) is 0 Å². The fourth-order valence-corrected chi connectivity index (χ4v) is 7.02. The first-order valence-corrected chi connectivity index (χ1v) is 18.6. The number of amides is 1. The summed E-state index contributed by atoms with van der Waals surface area (Å²) in [6.45, 7) is 18.3. The number of hydrogen-bond donors (Lipinski definition) is 0. The van der Waals surface area contributed by atoms with Crippen LogP contribution in [-0.4, -0.2) is 87.2 Å². The van der Waals surface area contributed by atoms with E-state index in [1.807, 2.05) is 23.1 Å². The molecule has 0 N–H and O–H groups in total. The summed E-state index contributed by atoms with van der Waals surface area (Å²) < 4.78 is 14.0. The van der Waals surface area contributed by atoms with E-state index < -0.39 is 0 Å². The number of rotatable bonds is 15. The van der Waals surface area contributed by atoms with Gasteiger partial charge in [-0.25, -0.2) is 4.58 Å². The van der Waals surface area contributed by atoms with E-state index in [9.17, 15) is 9.59 Å². The van der Waals surface area contributed by atoms with Gasteiger partial charge in [0, 0.05) is 92.6 Å². The number of anilines is 1. The average Bonchev–Trinajstić information content (AvgIpc) is 3.14. The van der Waals surface area contributed by atoms with Crippen LogP contribution in [0.25, 0.3) is 33.4 Å². The zero-order valence-electron chi connectivity index (χ0n) is 30.7. The Bertz CT molecular complexity index is 1810. The first-order valence-electron chi connectivity index (χ1n) is 18.6. The molecule has 2 aromatic rings. The number of carbonyl (C=O) groups is 2. The highest BCUT2D eigenvalue weighted by atomic mass is 16.5. The molecule has 8 nitrogen and oxygen atoms in total. The molecule has 266 valence electrons. The minimum atomic E-state index is -0.209. The minimum absolute atomic E-state index is 0.0751. The summed E-state index contributed by atoms with van der Waals surface area (Å²) in [4.78, 5) is 31.9. The highest BCUT2D eigenvalue weighted by Gasteiger charge is 2.27. The second-order valence-electron chi connectivity index (χ2n) is 13.0. The van der Waals surface area contributed by atoms with E-state index in [4.69, 9.17) is 9.15 Å². The van der Waals surface area contributed by atoms with Crippen molar-refractivity contribution < 1.29 is 18.7 Å². The maximum absolute atomic E-state index is 14.3. The lowest BCUT2D eigenvalue weighted by Crippen LogP contribution is -2.48. The van der Waals surface area contributed by atoms with Crippen molar-refractivity contribution in [2.24, 2.45) is 0 Å². The number of allylic oxidation sites excluding steroid dienone is 1. The number of fused-ring (bicyclic) bond motifs is 2. The normalized spacial score (nSPS) is 13.7. The number of esters is 1. The number of hydrogen-bond acceptors (Lipinski definition) is 6. The molecular weight excluding hydrogens is 624 g/mol. The second kappa shape index (κ2) is 18.0. The molecule has 0 atom stereocenters. The van der Waals surface area contributed by atoms with Crippen LogP contribution in [-0.2, 0) is 9.53 Å². The highest BCUT2D eigenvalue weighted by Crippen LogP contribution is 2.42. The number of unbranched alkanes of at least 4 members (excludes halogenated alkanes) is 3. The monoisotopic (exact) mass is 679 g/mol. The third-order valence-corrected chi connectivity index (χ3v) is 9.88. The summed E-state index contributed by atoms with van der Waals surface area (Å²) in [5.74, 6) is 0.686. The summed E-state index contributed by atoms with van der Waals surface area (Å²) in [6.07, 6.45) is 8.57. The Kier molecular flexibility index (Phi) is 13.3. The SMILES string of the molecule is CCN(CC)c1ccc2c(-c3ccccc3C(=O)N3CCN(C/C=C/CCCCCOC(C)=O)CC3)c3ccc(=[N+](CC)CC)cc-3oc2c1. The van der Waals surface area contributed by atoms with Crippen molar-refractivity contribution in [3.63, 3.8) is 0 Å². The lowest BCUT2D eigenvalue weighted by molar-refractivity contribution is -0.141. The lowest BCUT2D eigenvalue weighted by atomic mass is 9.90. The molecule has 0 bridgehead atoms. The summed E-state index contributed by atoms with van der Waals surface area (Å²) in [5.41, 5.74) is 5.66. The Morgan fingerprint density at radius 1 is 0.860 bits per heavy atom. The summed E-state index contributed by atoms with van der Waals surface area (Å²) >= 11 is 0. The van der Waals surface area contributed by atoms with Crippen LogP contribution >= 0.6 is 0 Å². The Morgan fingerprint density at radius 2 is 1.62 bits per heavy atom. The van der Waals surface area contributed by atoms with Crippen LogP contribution in [0.1, 0.15) is 70.7 Å². The third-order valence-electron chi connectivity index (χ3n) is 9.88. The predicted molar refractivity (Wildman–Crippen MR) is 205 cm³/mol. The number of carbonyl (C=O) groups excluding carboxylic acids is 2. The van der Waals surface area contributed by atoms with Crippen molar-refractivity contribution >= 4 is 28.5 Å². The van der Waals surface area contributed by atoms with Gasteiger partial charge in [0.1, 0.15) is 24.4 Å². The van der Waals surface area contributed by atoms with Crippen molar-refractivity contribution in [3.8, 4) is 22.5 Å². The molecule has 3 aliphatic rings. The number of benzene rings is 3. The molecule has 1 saturated heterocycles. The highest BCUT2D eigenvalue weighted by molar-refractivity contribution is 6.09. The molecule has 0 aromatic heterocycles. The van der Waals surface area contributed by atoms with Crippen LogP contribution in [0.15, 0.2) is 77.2 Å². The third kappa shape index (κ3) is 8.83. The lowest BCUT2D eigenvalue weighted by Gasteiger charge is -2.34. The predicted octanol–water partition coefficient (Wildman–Crippen LogP) is 7.30. The average molecular weight is 680 g/mol. The molecule has 0 radical (unpaired) electrons. The quantitative estimate of drug-likeness (QED) is 0.0432. The molecule has 2 aromatic carbocycles. The molecule has 1 aliphatic carbocycles. The fraction of sp³-hybridized carbons (Fsp3) is 0.452. The molecule has 1 fully saturated rings. The van der Waals surface area contributed by atoms with Gasteiger partial charge in [0.05, 0.1) is 12.7 Å². The van der Waals surface area contributed by atoms with E-state index in [1.54, 1.807) is 0 Å². The van der Waals surface area contributed by atoms with Crippen molar-refractivity contribution in [2.45, 2.75) is 60.3 Å². The molecule has 5 rings (SSSR count). The van der Waals surface area contributed by atoms with Gasteiger partial charge in [-0.1, -0.05) is 30.4 Å².